The number of amides is 1. The van der Waals surface area contributed by atoms with Gasteiger partial charge in [0.2, 0.25) is 5.88 Å². The molecule has 0 fully saturated rings. The molecule has 0 aliphatic heterocycles. The lowest BCUT2D eigenvalue weighted by molar-refractivity contribution is 0.143. The van der Waals surface area contributed by atoms with Gasteiger partial charge in [-0.05, 0) is 40.3 Å². The number of nitrogens with one attached hydrogen (secondary N) is 1. The molecule has 4 rings (SSSR count). The van der Waals surface area contributed by atoms with Gasteiger partial charge in [-0.15, -0.1) is 0 Å². The minimum absolute atomic E-state index is 0.0458. The highest BCUT2D eigenvalue weighted by Gasteiger charge is 2.28. The number of methoxy groups -OCH3 is 1. The summed E-state index contributed by atoms with van der Waals surface area (Å²) in [4.78, 5) is 16.4. The molecule has 156 valence electrons. The summed E-state index contributed by atoms with van der Waals surface area (Å²) < 4.78 is 10.6. The number of nitrogen functional groups attached to an aromatic ring is 1. The summed E-state index contributed by atoms with van der Waals surface area (Å²) in [7, 11) is 1.51. The molecule has 1 aliphatic rings. The zero-order valence-corrected chi connectivity index (χ0v) is 17.2. The van der Waals surface area contributed by atoms with Crippen LogP contribution in [0, 0.1) is 11.8 Å². The van der Waals surface area contributed by atoms with Gasteiger partial charge in [0.15, 0.2) is 0 Å². The molecule has 3 N–H and O–H groups in total. The Bertz CT molecular complexity index is 1120. The van der Waals surface area contributed by atoms with Gasteiger partial charge < -0.3 is 20.5 Å². The summed E-state index contributed by atoms with van der Waals surface area (Å²) >= 11 is 0. The van der Waals surface area contributed by atoms with Crippen molar-refractivity contribution in [1.29, 1.82) is 0 Å². The molecule has 0 bridgehead atoms. The lowest BCUT2D eigenvalue weighted by Gasteiger charge is -2.14. The molecule has 1 heterocycles. The summed E-state index contributed by atoms with van der Waals surface area (Å²) in [5.41, 5.74) is 11.5. The van der Waals surface area contributed by atoms with Crippen LogP contribution in [0.3, 0.4) is 0 Å². The van der Waals surface area contributed by atoms with E-state index in [4.69, 9.17) is 15.2 Å². The van der Waals surface area contributed by atoms with Gasteiger partial charge >= 0.3 is 6.09 Å². The molecule has 1 aromatic heterocycles. The second-order valence-corrected chi connectivity index (χ2v) is 7.10. The number of benzene rings is 2. The van der Waals surface area contributed by atoms with Crippen LogP contribution in [0.2, 0.25) is 0 Å². The van der Waals surface area contributed by atoms with Crippen LogP contribution >= 0.6 is 0 Å². The minimum atomic E-state index is -0.448. The Morgan fingerprint density at radius 1 is 1.06 bits per heavy atom. The molecule has 2 aromatic carbocycles. The Labute approximate surface area is 181 Å². The normalized spacial score (nSPS) is 11.6. The van der Waals surface area contributed by atoms with Gasteiger partial charge in [0.05, 0.1) is 12.8 Å². The third-order valence-electron chi connectivity index (χ3n) is 5.16. The van der Waals surface area contributed by atoms with Gasteiger partial charge in [-0.3, -0.25) is 0 Å². The van der Waals surface area contributed by atoms with Crippen LogP contribution < -0.4 is 15.8 Å². The maximum absolute atomic E-state index is 12.2. The monoisotopic (exact) mass is 413 g/mol. The van der Waals surface area contributed by atoms with Crippen LogP contribution in [-0.4, -0.2) is 31.3 Å². The number of nitrogens with zero attached hydrogens (tertiary/aromatic N) is 1. The number of anilines is 1. The quantitative estimate of drug-likeness (QED) is 0.489. The molecule has 0 radical (unpaired) electrons. The van der Waals surface area contributed by atoms with Crippen LogP contribution in [-0.2, 0) is 4.74 Å². The van der Waals surface area contributed by atoms with Crippen LogP contribution in [0.1, 0.15) is 29.2 Å². The van der Waals surface area contributed by atoms with Crippen molar-refractivity contribution in [3.05, 3.63) is 77.5 Å². The van der Waals surface area contributed by atoms with E-state index in [0.29, 0.717) is 36.8 Å². The number of hydrogen-bond acceptors (Lipinski definition) is 5. The number of aromatic nitrogens is 1. The fourth-order valence-corrected chi connectivity index (χ4v) is 3.71. The number of pyridine rings is 1. The second kappa shape index (κ2) is 9.23. The van der Waals surface area contributed by atoms with Gasteiger partial charge in [0, 0.05) is 18.9 Å². The molecule has 0 spiro atoms. The van der Waals surface area contributed by atoms with Crippen LogP contribution in [0.15, 0.2) is 60.7 Å². The summed E-state index contributed by atoms with van der Waals surface area (Å²) in [6.45, 7) is 0.677. The number of alkyl carbamates (subject to hydrolysis) is 1. The standard InChI is InChI=1S/C25H23N3O3/c1-30-24-23(26)14-13-17(28-24)8-6-7-15-27-25(29)31-16-22-20-11-4-2-9-18(20)19-10-3-5-12-21(19)22/h2-5,9-14,22H,7,15-16,26H2,1H3,(H,27,29). The van der Waals surface area contributed by atoms with Crippen molar-refractivity contribution in [2.75, 3.05) is 26.0 Å². The number of hydrogen-bond donors (Lipinski definition) is 2. The molecular formula is C25H23N3O3. The molecule has 1 aliphatic carbocycles. The molecule has 0 atom stereocenters. The van der Waals surface area contributed by atoms with Crippen LogP contribution in [0.4, 0.5) is 10.5 Å². The first-order valence-corrected chi connectivity index (χ1v) is 10.1. The second-order valence-electron chi connectivity index (χ2n) is 7.10. The molecule has 0 saturated carbocycles. The number of fused-ring (bicyclic) bond motifs is 3. The van der Waals surface area contributed by atoms with E-state index in [0.717, 1.165) is 0 Å². The molecule has 6 nitrogen and oxygen atoms in total. The van der Waals surface area contributed by atoms with Gasteiger partial charge in [-0.1, -0.05) is 54.5 Å². The number of carbonyl (C=O) groups excluding carboxylic acids is 1. The maximum Gasteiger partial charge on any atom is 0.407 e. The van der Waals surface area contributed by atoms with Gasteiger partial charge in [0.1, 0.15) is 12.3 Å². The van der Waals surface area contributed by atoms with Gasteiger partial charge in [-0.25, -0.2) is 9.78 Å². The van der Waals surface area contributed by atoms with Crippen molar-refractivity contribution in [3.63, 3.8) is 0 Å². The summed E-state index contributed by atoms with van der Waals surface area (Å²) in [6, 6.07) is 19.9. The molecule has 0 unspecified atom stereocenters. The average molecular weight is 413 g/mol. The third-order valence-corrected chi connectivity index (χ3v) is 5.16. The number of nitrogens with two attached hydrogens (primary N) is 1. The van der Waals surface area contributed by atoms with E-state index in [1.807, 2.05) is 24.3 Å². The number of ether oxygens (including phenoxy) is 2. The minimum Gasteiger partial charge on any atom is -0.479 e. The van der Waals surface area contributed by atoms with E-state index in [2.05, 4.69) is 46.4 Å². The maximum atomic E-state index is 12.2. The molecule has 3 aromatic rings. The first-order chi connectivity index (χ1) is 15.2. The Balaban J connectivity index is 1.28. The van der Waals surface area contributed by atoms with Crippen molar-refractivity contribution in [2.45, 2.75) is 12.3 Å². The molecule has 6 heteroatoms. The lowest BCUT2D eigenvalue weighted by atomic mass is 9.98. The topological polar surface area (TPSA) is 86.5 Å². The molecule has 31 heavy (non-hydrogen) atoms. The Hall–Kier alpha value is -3.98. The number of carbonyl (C=O) groups is 1. The van der Waals surface area contributed by atoms with Gasteiger partial charge in [-0.2, -0.15) is 0 Å². The highest BCUT2D eigenvalue weighted by molar-refractivity contribution is 5.79. The van der Waals surface area contributed by atoms with E-state index in [1.165, 1.54) is 29.4 Å². The lowest BCUT2D eigenvalue weighted by Crippen LogP contribution is -2.26. The van der Waals surface area contributed by atoms with E-state index in [1.54, 1.807) is 12.1 Å². The third kappa shape index (κ3) is 4.46. The van der Waals surface area contributed by atoms with E-state index in [-0.39, 0.29) is 5.92 Å². The zero-order valence-electron chi connectivity index (χ0n) is 17.2. The fraction of sp³-hybridized carbons (Fsp3) is 0.200. The molecule has 1 amide bonds. The summed E-state index contributed by atoms with van der Waals surface area (Å²) in [5, 5.41) is 2.74. The van der Waals surface area contributed by atoms with Crippen molar-refractivity contribution >= 4 is 11.8 Å². The van der Waals surface area contributed by atoms with Crippen LogP contribution in [0.5, 0.6) is 5.88 Å². The van der Waals surface area contributed by atoms with Crippen molar-refractivity contribution in [1.82, 2.24) is 10.3 Å². The largest absolute Gasteiger partial charge is 0.479 e. The Kier molecular flexibility index (Phi) is 6.04. The van der Waals surface area contributed by atoms with Crippen molar-refractivity contribution in [3.8, 4) is 28.8 Å². The van der Waals surface area contributed by atoms with Crippen molar-refractivity contribution in [2.24, 2.45) is 0 Å². The summed E-state index contributed by atoms with van der Waals surface area (Å²) in [5.74, 6) is 6.30. The number of rotatable bonds is 5. The van der Waals surface area contributed by atoms with E-state index < -0.39 is 6.09 Å². The first-order valence-electron chi connectivity index (χ1n) is 10.1. The zero-order chi connectivity index (χ0) is 21.6. The summed E-state index contributed by atoms with van der Waals surface area (Å²) in [6.07, 6.45) is 0.0226. The Morgan fingerprint density at radius 3 is 2.42 bits per heavy atom. The van der Waals surface area contributed by atoms with Crippen molar-refractivity contribution < 1.29 is 14.3 Å². The highest BCUT2D eigenvalue weighted by atomic mass is 16.5. The van der Waals surface area contributed by atoms with Gasteiger partial charge in [0.25, 0.3) is 0 Å². The average Bonchev–Trinajstić information content (AvgIpc) is 3.12. The smallest absolute Gasteiger partial charge is 0.407 e. The predicted octanol–water partition coefficient (Wildman–Crippen LogP) is 3.95. The molecular weight excluding hydrogens is 390 g/mol. The van der Waals surface area contributed by atoms with Crippen LogP contribution in [0.25, 0.3) is 11.1 Å². The highest BCUT2D eigenvalue weighted by Crippen LogP contribution is 2.44. The SMILES string of the molecule is COc1nc(C#CCCNC(=O)OCC2c3ccccc3-c3ccccc32)ccc1N. The fourth-order valence-electron chi connectivity index (χ4n) is 3.71. The van der Waals surface area contributed by atoms with E-state index in [9.17, 15) is 4.79 Å². The first kappa shape index (κ1) is 20.3. The van der Waals surface area contributed by atoms with E-state index >= 15 is 0 Å². The Morgan fingerprint density at radius 2 is 1.74 bits per heavy atom. The molecule has 0 saturated heterocycles. The predicted molar refractivity (Wildman–Crippen MR) is 120 cm³/mol.